The largest absolute Gasteiger partial charge is 0.347 e. The van der Waals surface area contributed by atoms with Crippen LogP contribution in [0.15, 0.2) is 18.2 Å². The van der Waals surface area contributed by atoms with Gasteiger partial charge in [0.15, 0.2) is 0 Å². The molecule has 1 aromatic rings. The van der Waals surface area contributed by atoms with E-state index in [1.165, 1.54) is 0 Å². The summed E-state index contributed by atoms with van der Waals surface area (Å²) in [7, 11) is 2.07. The van der Waals surface area contributed by atoms with E-state index in [9.17, 15) is 4.79 Å². The van der Waals surface area contributed by atoms with Crippen LogP contribution in [0.5, 0.6) is 0 Å². The van der Waals surface area contributed by atoms with E-state index in [-0.39, 0.29) is 11.9 Å². The fraction of sp³-hybridized carbons (Fsp3) is 0.500. The number of likely N-dealkylation sites (N-methyl/N-ethyl adjacent to an activating group) is 1. The molecule has 2 rings (SSSR count). The van der Waals surface area contributed by atoms with Crippen LogP contribution < -0.4 is 16.6 Å². The second-order valence-electron chi connectivity index (χ2n) is 4.63. The third-order valence-corrected chi connectivity index (χ3v) is 3.09. The summed E-state index contributed by atoms with van der Waals surface area (Å²) in [6.07, 6.45) is 2.13. The number of hydrogen-bond donors (Lipinski definition) is 3. The Bertz CT molecular complexity index is 423. The molecule has 1 aliphatic heterocycles. The Morgan fingerprint density at radius 1 is 1.56 bits per heavy atom. The standard InChI is InChI=1S/C12H19N5O/c1-17-7-3-4-9(8-17)14-12(18)10-5-2-6-11(15-10)16-13/h2,5-6,9H,3-4,7-8,13H2,1H3,(H,14,18)(H,15,16). The Balaban J connectivity index is 1.98. The van der Waals surface area contributed by atoms with E-state index in [4.69, 9.17) is 5.84 Å². The van der Waals surface area contributed by atoms with Gasteiger partial charge in [-0.15, -0.1) is 0 Å². The van der Waals surface area contributed by atoms with Gasteiger partial charge in [0.2, 0.25) is 0 Å². The summed E-state index contributed by atoms with van der Waals surface area (Å²) < 4.78 is 0. The Morgan fingerprint density at radius 2 is 2.39 bits per heavy atom. The molecule has 0 aromatic carbocycles. The van der Waals surface area contributed by atoms with Crippen LogP contribution in [0, 0.1) is 0 Å². The van der Waals surface area contributed by atoms with Crippen molar-refractivity contribution in [1.82, 2.24) is 15.2 Å². The number of anilines is 1. The number of aromatic nitrogens is 1. The lowest BCUT2D eigenvalue weighted by Gasteiger charge is -2.30. The molecule has 0 bridgehead atoms. The number of carbonyl (C=O) groups is 1. The zero-order valence-electron chi connectivity index (χ0n) is 10.5. The lowest BCUT2D eigenvalue weighted by molar-refractivity contribution is 0.0907. The Labute approximate surface area is 107 Å². The van der Waals surface area contributed by atoms with Gasteiger partial charge in [0, 0.05) is 12.6 Å². The number of rotatable bonds is 3. The second-order valence-corrected chi connectivity index (χ2v) is 4.63. The van der Waals surface area contributed by atoms with Crippen molar-refractivity contribution in [3.8, 4) is 0 Å². The average Bonchev–Trinajstić information content (AvgIpc) is 2.39. The number of hydrazine groups is 1. The minimum atomic E-state index is -0.146. The monoisotopic (exact) mass is 249 g/mol. The van der Waals surface area contributed by atoms with Crippen molar-refractivity contribution in [3.63, 3.8) is 0 Å². The van der Waals surface area contributed by atoms with Crippen molar-refractivity contribution in [2.75, 3.05) is 25.6 Å². The third-order valence-electron chi connectivity index (χ3n) is 3.09. The molecule has 1 aliphatic rings. The minimum absolute atomic E-state index is 0.146. The first-order chi connectivity index (χ1) is 8.69. The van der Waals surface area contributed by atoms with Crippen LogP contribution in [-0.4, -0.2) is 42.0 Å². The van der Waals surface area contributed by atoms with E-state index in [1.807, 2.05) is 0 Å². The number of amides is 1. The molecule has 1 unspecified atom stereocenters. The Kier molecular flexibility index (Phi) is 4.11. The van der Waals surface area contributed by atoms with E-state index >= 15 is 0 Å². The topological polar surface area (TPSA) is 83.3 Å². The van der Waals surface area contributed by atoms with Crippen molar-refractivity contribution in [3.05, 3.63) is 23.9 Å². The van der Waals surface area contributed by atoms with Crippen LogP contribution in [0.25, 0.3) is 0 Å². The van der Waals surface area contributed by atoms with Crippen molar-refractivity contribution < 1.29 is 4.79 Å². The van der Waals surface area contributed by atoms with Gasteiger partial charge in [0.25, 0.3) is 5.91 Å². The van der Waals surface area contributed by atoms with Crippen molar-refractivity contribution >= 4 is 11.7 Å². The number of pyridine rings is 1. The number of nitrogens with two attached hydrogens (primary N) is 1. The number of nitrogen functional groups attached to an aromatic ring is 1. The maximum atomic E-state index is 12.0. The molecule has 6 nitrogen and oxygen atoms in total. The molecular weight excluding hydrogens is 230 g/mol. The molecule has 18 heavy (non-hydrogen) atoms. The van der Waals surface area contributed by atoms with Crippen LogP contribution >= 0.6 is 0 Å². The Hall–Kier alpha value is -1.66. The fourth-order valence-electron chi connectivity index (χ4n) is 2.19. The summed E-state index contributed by atoms with van der Waals surface area (Å²) in [6, 6.07) is 5.35. The predicted octanol–water partition coefficient (Wildman–Crippen LogP) is 0.191. The Morgan fingerprint density at radius 3 is 3.11 bits per heavy atom. The highest BCUT2D eigenvalue weighted by Crippen LogP contribution is 2.09. The molecule has 6 heteroatoms. The van der Waals surface area contributed by atoms with Crippen molar-refractivity contribution in [2.45, 2.75) is 18.9 Å². The highest BCUT2D eigenvalue weighted by molar-refractivity contribution is 5.92. The third kappa shape index (κ3) is 3.18. The lowest BCUT2D eigenvalue weighted by atomic mass is 10.1. The van der Waals surface area contributed by atoms with E-state index in [0.29, 0.717) is 11.5 Å². The normalized spacial score (nSPS) is 20.4. The van der Waals surface area contributed by atoms with Crippen molar-refractivity contribution in [2.24, 2.45) is 5.84 Å². The molecule has 98 valence electrons. The van der Waals surface area contributed by atoms with E-state index in [0.717, 1.165) is 25.9 Å². The highest BCUT2D eigenvalue weighted by Gasteiger charge is 2.20. The summed E-state index contributed by atoms with van der Waals surface area (Å²) in [5.41, 5.74) is 2.82. The van der Waals surface area contributed by atoms with Gasteiger partial charge in [-0.2, -0.15) is 0 Å². The predicted molar refractivity (Wildman–Crippen MR) is 70.0 cm³/mol. The zero-order valence-corrected chi connectivity index (χ0v) is 10.5. The van der Waals surface area contributed by atoms with Crippen molar-refractivity contribution in [1.29, 1.82) is 0 Å². The van der Waals surface area contributed by atoms with Gasteiger partial charge in [-0.3, -0.25) is 4.79 Å². The average molecular weight is 249 g/mol. The summed E-state index contributed by atoms with van der Waals surface area (Å²) >= 11 is 0. The molecule has 4 N–H and O–H groups in total. The molecule has 1 aromatic heterocycles. The van der Waals surface area contributed by atoms with Gasteiger partial charge >= 0.3 is 0 Å². The molecule has 0 radical (unpaired) electrons. The molecule has 1 amide bonds. The number of piperidine rings is 1. The van der Waals surface area contributed by atoms with Gasteiger partial charge in [-0.25, -0.2) is 10.8 Å². The first kappa shape index (κ1) is 12.8. The second kappa shape index (κ2) is 5.79. The quantitative estimate of drug-likeness (QED) is 0.526. The van der Waals surface area contributed by atoms with E-state index in [1.54, 1.807) is 18.2 Å². The van der Waals surface area contributed by atoms with Crippen LogP contribution in [-0.2, 0) is 0 Å². The number of carbonyl (C=O) groups excluding carboxylic acids is 1. The molecule has 0 aliphatic carbocycles. The summed E-state index contributed by atoms with van der Waals surface area (Å²) in [5, 5.41) is 3.01. The number of nitrogens with zero attached hydrogens (tertiary/aromatic N) is 2. The van der Waals surface area contributed by atoms with Crippen LogP contribution in [0.1, 0.15) is 23.3 Å². The number of hydrogen-bond acceptors (Lipinski definition) is 5. The van der Waals surface area contributed by atoms with Gasteiger partial charge in [0.1, 0.15) is 11.5 Å². The maximum Gasteiger partial charge on any atom is 0.270 e. The van der Waals surface area contributed by atoms with Gasteiger partial charge < -0.3 is 15.6 Å². The minimum Gasteiger partial charge on any atom is -0.347 e. The first-order valence-electron chi connectivity index (χ1n) is 6.12. The van der Waals surface area contributed by atoms with Gasteiger partial charge in [-0.05, 0) is 38.6 Å². The molecule has 1 saturated heterocycles. The summed E-state index contributed by atoms with van der Waals surface area (Å²) in [4.78, 5) is 18.4. The molecule has 0 saturated carbocycles. The molecule has 1 fully saturated rings. The van der Waals surface area contributed by atoms with Gasteiger partial charge in [0.05, 0.1) is 0 Å². The number of likely N-dealkylation sites (tertiary alicyclic amines) is 1. The van der Waals surface area contributed by atoms with Crippen LogP contribution in [0.4, 0.5) is 5.82 Å². The first-order valence-corrected chi connectivity index (χ1v) is 6.12. The maximum absolute atomic E-state index is 12.0. The summed E-state index contributed by atoms with van der Waals surface area (Å²) in [6.45, 7) is 1.98. The summed E-state index contributed by atoms with van der Waals surface area (Å²) in [5.74, 6) is 5.61. The highest BCUT2D eigenvalue weighted by atomic mass is 16.1. The number of nitrogens with one attached hydrogen (secondary N) is 2. The molecule has 0 spiro atoms. The molecule has 2 heterocycles. The van der Waals surface area contributed by atoms with E-state index in [2.05, 4.69) is 27.7 Å². The SMILES string of the molecule is CN1CCCC(NC(=O)c2cccc(NN)n2)C1. The molecular formula is C12H19N5O. The smallest absolute Gasteiger partial charge is 0.270 e. The van der Waals surface area contributed by atoms with E-state index < -0.39 is 0 Å². The fourth-order valence-corrected chi connectivity index (χ4v) is 2.19. The molecule has 1 atom stereocenters. The van der Waals surface area contributed by atoms with Gasteiger partial charge in [-0.1, -0.05) is 6.07 Å². The van der Waals surface area contributed by atoms with Crippen LogP contribution in [0.2, 0.25) is 0 Å². The lowest BCUT2D eigenvalue weighted by Crippen LogP contribution is -2.46. The van der Waals surface area contributed by atoms with Crippen LogP contribution in [0.3, 0.4) is 0 Å². The zero-order chi connectivity index (χ0) is 13.0.